The minimum atomic E-state index is -0.513. The number of nitrogens with zero attached hydrogens (tertiary/aromatic N) is 2. The molecule has 112 valence electrons. The van der Waals surface area contributed by atoms with E-state index < -0.39 is 11.5 Å². The van der Waals surface area contributed by atoms with Gasteiger partial charge in [-0.25, -0.2) is 9.18 Å². The van der Waals surface area contributed by atoms with E-state index in [4.69, 9.17) is 17.3 Å². The molecule has 0 aliphatic rings. The van der Waals surface area contributed by atoms with E-state index in [2.05, 4.69) is 0 Å². The van der Waals surface area contributed by atoms with Gasteiger partial charge in [0.2, 0.25) is 0 Å². The van der Waals surface area contributed by atoms with Gasteiger partial charge in [-0.05, 0) is 30.7 Å². The van der Waals surface area contributed by atoms with Crippen molar-refractivity contribution in [3.8, 4) is 0 Å². The standard InChI is InChI=1S/C14H15ClFN3O2/c15-11-8-10(2-3-12(11)16)9-18-7-4-13(20)19(14(18)21)6-1-5-17/h2-4,7-8H,1,5-6,9,17H2. The molecule has 0 aliphatic carbocycles. The van der Waals surface area contributed by atoms with Crippen LogP contribution in [-0.2, 0) is 13.1 Å². The van der Waals surface area contributed by atoms with Crippen LogP contribution in [0, 0.1) is 5.82 Å². The molecule has 0 atom stereocenters. The van der Waals surface area contributed by atoms with Crippen LogP contribution in [0.25, 0.3) is 0 Å². The quantitative estimate of drug-likeness (QED) is 0.902. The third-order valence-electron chi connectivity index (χ3n) is 3.06. The predicted molar refractivity (Wildman–Crippen MR) is 79.1 cm³/mol. The highest BCUT2D eigenvalue weighted by Crippen LogP contribution is 2.16. The second-order valence-electron chi connectivity index (χ2n) is 4.61. The first-order valence-electron chi connectivity index (χ1n) is 6.47. The van der Waals surface area contributed by atoms with Gasteiger partial charge < -0.3 is 5.73 Å². The predicted octanol–water partition coefficient (Wildman–Crippen LogP) is 1.20. The lowest BCUT2D eigenvalue weighted by atomic mass is 10.2. The topological polar surface area (TPSA) is 70.0 Å². The number of aromatic nitrogens is 2. The summed E-state index contributed by atoms with van der Waals surface area (Å²) in [5.74, 6) is -0.513. The van der Waals surface area contributed by atoms with Gasteiger partial charge in [0.05, 0.1) is 11.6 Å². The van der Waals surface area contributed by atoms with Gasteiger partial charge in [-0.15, -0.1) is 0 Å². The van der Waals surface area contributed by atoms with Gasteiger partial charge in [-0.1, -0.05) is 17.7 Å². The Morgan fingerprint density at radius 2 is 2.00 bits per heavy atom. The molecule has 0 radical (unpaired) electrons. The van der Waals surface area contributed by atoms with E-state index in [-0.39, 0.29) is 23.7 Å². The summed E-state index contributed by atoms with van der Waals surface area (Å²) in [6.07, 6.45) is 1.96. The summed E-state index contributed by atoms with van der Waals surface area (Å²) in [6.45, 7) is 0.884. The molecule has 1 aromatic heterocycles. The van der Waals surface area contributed by atoms with Gasteiger partial charge in [-0.2, -0.15) is 0 Å². The zero-order chi connectivity index (χ0) is 15.4. The minimum Gasteiger partial charge on any atom is -0.330 e. The maximum atomic E-state index is 13.1. The van der Waals surface area contributed by atoms with Crippen molar-refractivity contribution in [1.82, 2.24) is 9.13 Å². The lowest BCUT2D eigenvalue weighted by molar-refractivity contribution is 0.554. The largest absolute Gasteiger partial charge is 0.331 e. The van der Waals surface area contributed by atoms with Crippen molar-refractivity contribution in [3.63, 3.8) is 0 Å². The van der Waals surface area contributed by atoms with E-state index >= 15 is 0 Å². The third kappa shape index (κ3) is 3.59. The highest BCUT2D eigenvalue weighted by molar-refractivity contribution is 6.30. The maximum absolute atomic E-state index is 13.1. The minimum absolute atomic E-state index is 0.00278. The van der Waals surface area contributed by atoms with Crippen LogP contribution >= 0.6 is 11.6 Å². The third-order valence-corrected chi connectivity index (χ3v) is 3.35. The summed E-state index contributed by atoms with van der Waals surface area (Å²) in [5.41, 5.74) is 5.29. The SMILES string of the molecule is NCCCn1c(=O)ccn(Cc2ccc(F)c(Cl)c2)c1=O. The van der Waals surface area contributed by atoms with E-state index in [1.165, 1.54) is 29.0 Å². The van der Waals surface area contributed by atoms with Crippen molar-refractivity contribution in [2.24, 2.45) is 5.73 Å². The Kier molecular flexibility index (Phi) is 4.93. The molecule has 0 saturated heterocycles. The zero-order valence-corrected chi connectivity index (χ0v) is 12.0. The molecule has 0 unspecified atom stereocenters. The number of hydrogen-bond donors (Lipinski definition) is 1. The lowest BCUT2D eigenvalue weighted by Crippen LogP contribution is -2.39. The van der Waals surface area contributed by atoms with Gasteiger partial charge in [-0.3, -0.25) is 13.9 Å². The number of nitrogens with two attached hydrogens (primary N) is 1. The first-order chi connectivity index (χ1) is 10.0. The number of hydrogen-bond acceptors (Lipinski definition) is 3. The normalized spacial score (nSPS) is 10.8. The average molecular weight is 312 g/mol. The molecule has 0 spiro atoms. The summed E-state index contributed by atoms with van der Waals surface area (Å²) in [5, 5.41) is -0.00278. The van der Waals surface area contributed by atoms with E-state index in [0.717, 1.165) is 4.57 Å². The smallest absolute Gasteiger partial charge is 0.330 e. The van der Waals surface area contributed by atoms with Crippen LogP contribution in [0.15, 0.2) is 40.1 Å². The van der Waals surface area contributed by atoms with Gasteiger partial charge in [0, 0.05) is 18.8 Å². The summed E-state index contributed by atoms with van der Waals surface area (Å²) < 4.78 is 15.6. The van der Waals surface area contributed by atoms with Crippen molar-refractivity contribution in [1.29, 1.82) is 0 Å². The molecule has 1 aromatic carbocycles. The fourth-order valence-corrected chi connectivity index (χ4v) is 2.17. The summed E-state index contributed by atoms with van der Waals surface area (Å²) in [7, 11) is 0. The molecule has 0 saturated carbocycles. The lowest BCUT2D eigenvalue weighted by Gasteiger charge is -2.10. The molecule has 7 heteroatoms. The first-order valence-corrected chi connectivity index (χ1v) is 6.85. The van der Waals surface area contributed by atoms with Crippen molar-refractivity contribution >= 4 is 11.6 Å². The van der Waals surface area contributed by atoms with Crippen molar-refractivity contribution in [2.45, 2.75) is 19.5 Å². The molecule has 2 aromatic rings. The molecular formula is C14H15ClFN3O2. The van der Waals surface area contributed by atoms with Gasteiger partial charge in [0.15, 0.2) is 0 Å². The fraction of sp³-hybridized carbons (Fsp3) is 0.286. The summed E-state index contributed by atoms with van der Waals surface area (Å²) in [6, 6.07) is 5.57. The molecule has 21 heavy (non-hydrogen) atoms. The molecule has 0 amide bonds. The van der Waals surface area contributed by atoms with Crippen molar-refractivity contribution < 1.29 is 4.39 Å². The molecule has 2 N–H and O–H groups in total. The van der Waals surface area contributed by atoms with Crippen LogP contribution in [0.1, 0.15) is 12.0 Å². The summed E-state index contributed by atoms with van der Waals surface area (Å²) >= 11 is 5.71. The Labute approximate surface area is 125 Å². The van der Waals surface area contributed by atoms with Crippen molar-refractivity contribution in [2.75, 3.05) is 6.54 Å². The van der Waals surface area contributed by atoms with Crippen LogP contribution in [0.3, 0.4) is 0 Å². The van der Waals surface area contributed by atoms with Gasteiger partial charge in [0.1, 0.15) is 5.82 Å². The molecule has 5 nitrogen and oxygen atoms in total. The van der Waals surface area contributed by atoms with Crippen LogP contribution < -0.4 is 17.0 Å². The van der Waals surface area contributed by atoms with Crippen LogP contribution in [0.5, 0.6) is 0 Å². The molecule has 2 rings (SSSR count). The monoisotopic (exact) mass is 311 g/mol. The van der Waals surface area contributed by atoms with Crippen LogP contribution in [-0.4, -0.2) is 15.7 Å². The molecule has 0 bridgehead atoms. The Morgan fingerprint density at radius 1 is 1.24 bits per heavy atom. The van der Waals surface area contributed by atoms with Crippen molar-refractivity contribution in [3.05, 3.63) is 67.7 Å². The molecule has 0 aliphatic heterocycles. The fourth-order valence-electron chi connectivity index (χ4n) is 1.97. The van der Waals surface area contributed by atoms with E-state index in [9.17, 15) is 14.0 Å². The highest BCUT2D eigenvalue weighted by Gasteiger charge is 2.07. The van der Waals surface area contributed by atoms with Gasteiger partial charge in [0.25, 0.3) is 5.56 Å². The zero-order valence-electron chi connectivity index (χ0n) is 11.3. The molecule has 0 fully saturated rings. The maximum Gasteiger partial charge on any atom is 0.331 e. The molecular weight excluding hydrogens is 297 g/mol. The number of benzene rings is 1. The Morgan fingerprint density at radius 3 is 2.67 bits per heavy atom. The first kappa shape index (κ1) is 15.5. The number of halogens is 2. The Bertz CT molecular complexity index is 755. The average Bonchev–Trinajstić information content (AvgIpc) is 2.46. The van der Waals surface area contributed by atoms with Crippen LogP contribution in [0.4, 0.5) is 4.39 Å². The summed E-state index contributed by atoms with van der Waals surface area (Å²) in [4.78, 5) is 23.9. The number of rotatable bonds is 5. The van der Waals surface area contributed by atoms with E-state index in [1.807, 2.05) is 0 Å². The van der Waals surface area contributed by atoms with E-state index in [0.29, 0.717) is 18.5 Å². The Hall–Kier alpha value is -1.92. The van der Waals surface area contributed by atoms with Crippen LogP contribution in [0.2, 0.25) is 5.02 Å². The highest BCUT2D eigenvalue weighted by atomic mass is 35.5. The van der Waals surface area contributed by atoms with E-state index in [1.54, 1.807) is 6.07 Å². The second kappa shape index (κ2) is 6.69. The molecule has 1 heterocycles. The van der Waals surface area contributed by atoms with Gasteiger partial charge >= 0.3 is 5.69 Å². The second-order valence-corrected chi connectivity index (χ2v) is 5.01. The Balaban J connectivity index is 2.34.